The highest BCUT2D eigenvalue weighted by Gasteiger charge is 2.31. The summed E-state index contributed by atoms with van der Waals surface area (Å²) in [5, 5.41) is 2.99. The minimum Gasteiger partial charge on any atom is -0.383 e. The maximum atomic E-state index is 12.3. The molecule has 0 spiro atoms. The maximum absolute atomic E-state index is 12.3. The molecule has 3 N–H and O–H groups in total. The van der Waals surface area contributed by atoms with Gasteiger partial charge in [0.25, 0.3) is 0 Å². The molecule has 0 radical (unpaired) electrons. The van der Waals surface area contributed by atoms with Crippen molar-refractivity contribution in [2.75, 3.05) is 57.1 Å². The second kappa shape index (κ2) is 9.14. The van der Waals surface area contributed by atoms with Gasteiger partial charge in [0.2, 0.25) is 11.9 Å². The van der Waals surface area contributed by atoms with E-state index in [1.54, 1.807) is 13.3 Å². The van der Waals surface area contributed by atoms with Crippen LogP contribution in [0.25, 0.3) is 0 Å². The van der Waals surface area contributed by atoms with Gasteiger partial charge in [0.05, 0.1) is 12.5 Å². The van der Waals surface area contributed by atoms with Crippen LogP contribution < -0.4 is 16.0 Å². The third-order valence-electron chi connectivity index (χ3n) is 5.39. The van der Waals surface area contributed by atoms with E-state index in [1.165, 1.54) is 0 Å². The number of hydrogen-bond acceptors (Lipinski definition) is 7. The number of aromatic nitrogens is 2. The van der Waals surface area contributed by atoms with Crippen molar-refractivity contribution in [1.82, 2.24) is 20.2 Å². The number of hydrogen-bond donors (Lipinski definition) is 2. The number of nitrogens with zero attached hydrogens (tertiary/aromatic N) is 4. The molecule has 26 heavy (non-hydrogen) atoms. The fourth-order valence-electron chi connectivity index (χ4n) is 3.97. The third-order valence-corrected chi connectivity index (χ3v) is 5.39. The second-order valence-corrected chi connectivity index (χ2v) is 7.11. The molecule has 2 fully saturated rings. The van der Waals surface area contributed by atoms with Crippen LogP contribution in [0.1, 0.15) is 25.7 Å². The van der Waals surface area contributed by atoms with Crippen LogP contribution in [-0.2, 0) is 9.53 Å². The summed E-state index contributed by atoms with van der Waals surface area (Å²) in [6, 6.07) is 2.46. The van der Waals surface area contributed by atoms with Gasteiger partial charge in [-0.3, -0.25) is 9.69 Å². The highest BCUT2D eigenvalue weighted by atomic mass is 16.5. The number of methoxy groups -OCH3 is 1. The Kier molecular flexibility index (Phi) is 6.62. The Morgan fingerprint density at radius 3 is 2.88 bits per heavy atom. The number of amides is 1. The van der Waals surface area contributed by atoms with Crippen molar-refractivity contribution < 1.29 is 9.53 Å². The first-order valence-corrected chi connectivity index (χ1v) is 9.51. The van der Waals surface area contributed by atoms with Crippen LogP contribution in [0.15, 0.2) is 12.3 Å². The van der Waals surface area contributed by atoms with Crippen LogP contribution in [0.3, 0.4) is 0 Å². The number of anilines is 2. The molecule has 0 saturated carbocycles. The number of nitrogens with one attached hydrogen (secondary N) is 1. The molecule has 1 unspecified atom stereocenters. The molecule has 3 heterocycles. The molecule has 1 aromatic heterocycles. The molecule has 1 amide bonds. The predicted molar refractivity (Wildman–Crippen MR) is 101 cm³/mol. The number of carbonyl (C=O) groups is 1. The molecular weight excluding hydrogens is 332 g/mol. The van der Waals surface area contributed by atoms with E-state index in [0.29, 0.717) is 25.1 Å². The van der Waals surface area contributed by atoms with E-state index in [1.807, 2.05) is 6.07 Å². The summed E-state index contributed by atoms with van der Waals surface area (Å²) in [7, 11) is 1.65. The van der Waals surface area contributed by atoms with Gasteiger partial charge >= 0.3 is 0 Å². The molecular formula is C18H30N6O2. The number of carbonyl (C=O) groups excluding carboxylic acids is 1. The summed E-state index contributed by atoms with van der Waals surface area (Å²) < 4.78 is 5.00. The van der Waals surface area contributed by atoms with Gasteiger partial charge < -0.3 is 20.7 Å². The zero-order chi connectivity index (χ0) is 18.4. The Balaban J connectivity index is 1.48. The SMILES string of the molecule is COCCNC(=O)C1CCCN(C2CCN(c3ccnc(N)n3)CC2)C1. The number of likely N-dealkylation sites (tertiary alicyclic amines) is 1. The summed E-state index contributed by atoms with van der Waals surface area (Å²) in [6.07, 6.45) is 5.95. The van der Waals surface area contributed by atoms with E-state index in [9.17, 15) is 4.79 Å². The Morgan fingerprint density at radius 1 is 1.35 bits per heavy atom. The Bertz CT molecular complexity index is 591. The van der Waals surface area contributed by atoms with E-state index < -0.39 is 0 Å². The maximum Gasteiger partial charge on any atom is 0.224 e. The molecule has 2 aliphatic heterocycles. The average molecular weight is 362 g/mol. The largest absolute Gasteiger partial charge is 0.383 e. The van der Waals surface area contributed by atoms with E-state index >= 15 is 0 Å². The molecule has 144 valence electrons. The molecule has 2 saturated heterocycles. The summed E-state index contributed by atoms with van der Waals surface area (Å²) in [6.45, 7) is 5.03. The summed E-state index contributed by atoms with van der Waals surface area (Å²) in [5.41, 5.74) is 5.69. The van der Waals surface area contributed by atoms with E-state index in [2.05, 4.69) is 25.1 Å². The van der Waals surface area contributed by atoms with E-state index in [-0.39, 0.29) is 11.8 Å². The fraction of sp³-hybridized carbons (Fsp3) is 0.722. The van der Waals surface area contributed by atoms with Crippen LogP contribution in [0.2, 0.25) is 0 Å². The molecule has 0 aliphatic carbocycles. The number of nitrogens with two attached hydrogens (primary N) is 1. The number of nitrogen functional groups attached to an aromatic ring is 1. The Hall–Kier alpha value is -1.93. The van der Waals surface area contributed by atoms with Crippen molar-refractivity contribution in [2.24, 2.45) is 5.92 Å². The highest BCUT2D eigenvalue weighted by Crippen LogP contribution is 2.25. The Labute approximate surface area is 155 Å². The number of rotatable bonds is 6. The third kappa shape index (κ3) is 4.82. The molecule has 0 aromatic carbocycles. The lowest BCUT2D eigenvalue weighted by Gasteiger charge is -2.42. The highest BCUT2D eigenvalue weighted by molar-refractivity contribution is 5.78. The van der Waals surface area contributed by atoms with E-state index in [4.69, 9.17) is 10.5 Å². The van der Waals surface area contributed by atoms with E-state index in [0.717, 1.165) is 57.7 Å². The van der Waals surface area contributed by atoms with Gasteiger partial charge in [-0.2, -0.15) is 4.98 Å². The van der Waals surface area contributed by atoms with Crippen LogP contribution >= 0.6 is 0 Å². The standard InChI is InChI=1S/C18H30N6O2/c1-26-12-8-20-17(25)14-3-2-9-24(13-14)15-5-10-23(11-6-15)16-4-7-21-18(19)22-16/h4,7,14-15H,2-3,5-6,8-13H2,1H3,(H,20,25)(H2,19,21,22). The zero-order valence-electron chi connectivity index (χ0n) is 15.6. The fourth-order valence-corrected chi connectivity index (χ4v) is 3.97. The van der Waals surface area contributed by atoms with Gasteiger partial charge in [-0.25, -0.2) is 4.98 Å². The van der Waals surface area contributed by atoms with Crippen LogP contribution in [0.5, 0.6) is 0 Å². The lowest BCUT2D eigenvalue weighted by atomic mass is 9.93. The first-order valence-electron chi connectivity index (χ1n) is 9.51. The number of piperidine rings is 2. The van der Waals surface area contributed by atoms with Gasteiger partial charge in [-0.15, -0.1) is 0 Å². The molecule has 0 bridgehead atoms. The summed E-state index contributed by atoms with van der Waals surface area (Å²) >= 11 is 0. The number of ether oxygens (including phenoxy) is 1. The van der Waals surface area contributed by atoms with Crippen LogP contribution in [0.4, 0.5) is 11.8 Å². The van der Waals surface area contributed by atoms with Crippen molar-refractivity contribution >= 4 is 17.7 Å². The topological polar surface area (TPSA) is 96.6 Å². The lowest BCUT2D eigenvalue weighted by Crippen LogP contribution is -2.51. The lowest BCUT2D eigenvalue weighted by molar-refractivity contribution is -0.127. The Morgan fingerprint density at radius 2 is 2.15 bits per heavy atom. The van der Waals surface area contributed by atoms with Crippen molar-refractivity contribution in [3.05, 3.63) is 12.3 Å². The molecule has 1 aromatic rings. The summed E-state index contributed by atoms with van der Waals surface area (Å²) in [5.74, 6) is 1.49. The van der Waals surface area contributed by atoms with Crippen molar-refractivity contribution in [3.63, 3.8) is 0 Å². The van der Waals surface area contributed by atoms with Crippen LogP contribution in [-0.4, -0.2) is 73.3 Å². The van der Waals surface area contributed by atoms with Crippen molar-refractivity contribution in [1.29, 1.82) is 0 Å². The smallest absolute Gasteiger partial charge is 0.224 e. The first-order chi connectivity index (χ1) is 12.7. The molecule has 2 aliphatic rings. The van der Waals surface area contributed by atoms with Gasteiger partial charge in [0.15, 0.2) is 0 Å². The molecule has 8 heteroatoms. The van der Waals surface area contributed by atoms with Crippen molar-refractivity contribution in [3.8, 4) is 0 Å². The summed E-state index contributed by atoms with van der Waals surface area (Å²) in [4.78, 5) is 25.4. The minimum absolute atomic E-state index is 0.0975. The molecule has 1 atom stereocenters. The minimum atomic E-state index is 0.0975. The zero-order valence-corrected chi connectivity index (χ0v) is 15.6. The monoisotopic (exact) mass is 362 g/mol. The normalized spacial score (nSPS) is 22.3. The molecule has 3 rings (SSSR count). The average Bonchev–Trinajstić information content (AvgIpc) is 2.68. The molecule has 8 nitrogen and oxygen atoms in total. The van der Waals surface area contributed by atoms with Crippen LogP contribution in [0, 0.1) is 5.92 Å². The van der Waals surface area contributed by atoms with Gasteiger partial charge in [0.1, 0.15) is 5.82 Å². The second-order valence-electron chi connectivity index (χ2n) is 7.11. The quantitative estimate of drug-likeness (QED) is 0.712. The van der Waals surface area contributed by atoms with Gasteiger partial charge in [-0.1, -0.05) is 0 Å². The van der Waals surface area contributed by atoms with Gasteiger partial charge in [-0.05, 0) is 38.3 Å². The predicted octanol–water partition coefficient (Wildman–Crippen LogP) is 0.502. The first kappa shape index (κ1) is 18.8. The van der Waals surface area contributed by atoms with Crippen molar-refractivity contribution in [2.45, 2.75) is 31.7 Å². The van der Waals surface area contributed by atoms with Gasteiger partial charge in [0, 0.05) is 45.5 Å².